The monoisotopic (exact) mass is 277 g/mol. The maximum Gasteiger partial charge on any atom is 0.350 e. The molecule has 0 aliphatic rings. The number of rotatable bonds is 4. The molecular weight excluding hydrogens is 266 g/mol. The molecule has 0 bridgehead atoms. The zero-order valence-corrected chi connectivity index (χ0v) is 10.6. The molecule has 0 fully saturated rings. The van der Waals surface area contributed by atoms with Gasteiger partial charge in [0.1, 0.15) is 4.88 Å². The Bertz CT molecular complexity index is 325. The fourth-order valence-electron chi connectivity index (χ4n) is 1.09. The van der Waals surface area contributed by atoms with E-state index in [0.29, 0.717) is 4.88 Å². The Morgan fingerprint density at radius 2 is 2.36 bits per heavy atom. The van der Waals surface area contributed by atoms with Gasteiger partial charge in [0.25, 0.3) is 0 Å². The van der Waals surface area contributed by atoms with Crippen LogP contribution in [0.2, 0.25) is 0 Å². The highest BCUT2D eigenvalue weighted by Gasteiger charge is 2.16. The van der Waals surface area contributed by atoms with Gasteiger partial charge in [-0.25, -0.2) is 9.78 Å². The molecule has 0 N–H and O–H groups in total. The molecule has 0 atom stereocenters. The lowest BCUT2D eigenvalue weighted by Gasteiger charge is -1.98. The van der Waals surface area contributed by atoms with E-state index in [1.54, 1.807) is 0 Å². The Labute approximate surface area is 95.6 Å². The van der Waals surface area contributed by atoms with Crippen LogP contribution in [0.3, 0.4) is 0 Å². The van der Waals surface area contributed by atoms with Gasteiger partial charge in [0.2, 0.25) is 0 Å². The molecule has 5 heteroatoms. The summed E-state index contributed by atoms with van der Waals surface area (Å²) in [5.41, 5.74) is 0.843. The van der Waals surface area contributed by atoms with Crippen molar-refractivity contribution >= 4 is 33.2 Å². The van der Waals surface area contributed by atoms with Crippen LogP contribution in [0.25, 0.3) is 0 Å². The van der Waals surface area contributed by atoms with Gasteiger partial charge >= 0.3 is 5.97 Å². The van der Waals surface area contributed by atoms with Crippen LogP contribution in [0.1, 0.15) is 35.1 Å². The summed E-state index contributed by atoms with van der Waals surface area (Å²) in [5, 5.41) is 0. The number of unbranched alkanes of at least 4 members (excludes halogenated alkanes) is 1. The van der Waals surface area contributed by atoms with E-state index >= 15 is 0 Å². The van der Waals surface area contributed by atoms with Gasteiger partial charge < -0.3 is 4.74 Å². The number of nitrogens with zero attached hydrogens (tertiary/aromatic N) is 1. The minimum absolute atomic E-state index is 0.292. The average molecular weight is 278 g/mol. The smallest absolute Gasteiger partial charge is 0.350 e. The molecule has 0 radical (unpaired) electrons. The van der Waals surface area contributed by atoms with E-state index in [9.17, 15) is 4.79 Å². The van der Waals surface area contributed by atoms with Crippen LogP contribution >= 0.6 is 27.3 Å². The number of carbonyl (C=O) groups is 1. The van der Waals surface area contributed by atoms with Crippen LogP contribution in [-0.2, 0) is 11.2 Å². The number of hydrogen-bond donors (Lipinski definition) is 0. The molecule has 1 aromatic heterocycles. The van der Waals surface area contributed by atoms with E-state index in [4.69, 9.17) is 0 Å². The molecule has 14 heavy (non-hydrogen) atoms. The van der Waals surface area contributed by atoms with E-state index in [0.717, 1.165) is 28.9 Å². The molecular formula is C9H12BrNO2S. The zero-order chi connectivity index (χ0) is 10.6. The lowest BCUT2D eigenvalue weighted by atomic mass is 10.2. The highest BCUT2D eigenvalue weighted by Crippen LogP contribution is 2.25. The van der Waals surface area contributed by atoms with Crippen molar-refractivity contribution in [3.63, 3.8) is 0 Å². The first-order chi connectivity index (χ1) is 6.69. The summed E-state index contributed by atoms with van der Waals surface area (Å²) < 4.78 is 5.42. The fourth-order valence-corrected chi connectivity index (χ4v) is 2.54. The Morgan fingerprint density at radius 1 is 1.64 bits per heavy atom. The number of hydrogen-bond acceptors (Lipinski definition) is 4. The van der Waals surface area contributed by atoms with Gasteiger partial charge in [-0.05, 0) is 28.8 Å². The predicted molar refractivity (Wildman–Crippen MR) is 59.8 cm³/mol. The molecule has 0 unspecified atom stereocenters. The fraction of sp³-hybridized carbons (Fsp3) is 0.556. The number of esters is 1. The molecule has 0 aliphatic heterocycles. The molecule has 1 rings (SSSR count). The Morgan fingerprint density at radius 3 is 2.93 bits per heavy atom. The topological polar surface area (TPSA) is 39.2 Å². The molecule has 0 saturated carbocycles. The van der Waals surface area contributed by atoms with Crippen LogP contribution in [0.15, 0.2) is 3.92 Å². The lowest BCUT2D eigenvalue weighted by Crippen LogP contribution is -2.02. The minimum atomic E-state index is -0.292. The molecule has 0 amide bonds. The summed E-state index contributed by atoms with van der Waals surface area (Å²) in [7, 11) is 1.39. The van der Waals surface area contributed by atoms with Crippen LogP contribution in [0.4, 0.5) is 0 Å². The third kappa shape index (κ3) is 2.78. The van der Waals surface area contributed by atoms with E-state index in [1.165, 1.54) is 18.4 Å². The number of carbonyl (C=O) groups excluding carboxylic acids is 1. The quantitative estimate of drug-likeness (QED) is 0.795. The maximum absolute atomic E-state index is 11.3. The first kappa shape index (κ1) is 11.7. The lowest BCUT2D eigenvalue weighted by molar-refractivity contribution is 0.0605. The van der Waals surface area contributed by atoms with E-state index in [2.05, 4.69) is 32.6 Å². The van der Waals surface area contributed by atoms with Crippen LogP contribution in [0.5, 0.6) is 0 Å². The summed E-state index contributed by atoms with van der Waals surface area (Å²) in [5.74, 6) is -0.292. The molecule has 1 aromatic rings. The SMILES string of the molecule is CCCCc1nc(Br)sc1C(=O)OC. The summed E-state index contributed by atoms with van der Waals surface area (Å²) in [6.45, 7) is 2.11. The van der Waals surface area contributed by atoms with Crippen molar-refractivity contribution < 1.29 is 9.53 Å². The number of methoxy groups -OCH3 is 1. The van der Waals surface area contributed by atoms with Gasteiger partial charge in [0.05, 0.1) is 12.8 Å². The van der Waals surface area contributed by atoms with Crippen molar-refractivity contribution in [2.45, 2.75) is 26.2 Å². The maximum atomic E-state index is 11.3. The Balaban J connectivity index is 2.85. The van der Waals surface area contributed by atoms with Gasteiger partial charge in [-0.3, -0.25) is 0 Å². The number of aryl methyl sites for hydroxylation is 1. The largest absolute Gasteiger partial charge is 0.465 e. The van der Waals surface area contributed by atoms with Gasteiger partial charge in [0.15, 0.2) is 3.92 Å². The van der Waals surface area contributed by atoms with Crippen molar-refractivity contribution in [2.75, 3.05) is 7.11 Å². The van der Waals surface area contributed by atoms with E-state index < -0.39 is 0 Å². The van der Waals surface area contributed by atoms with Crippen LogP contribution in [-0.4, -0.2) is 18.1 Å². The minimum Gasteiger partial charge on any atom is -0.465 e. The van der Waals surface area contributed by atoms with Crippen LogP contribution < -0.4 is 0 Å². The Kier molecular flexibility index (Phi) is 4.54. The second kappa shape index (κ2) is 5.46. The first-order valence-electron chi connectivity index (χ1n) is 4.42. The highest BCUT2D eigenvalue weighted by molar-refractivity contribution is 9.11. The van der Waals surface area contributed by atoms with E-state index in [-0.39, 0.29) is 5.97 Å². The van der Waals surface area contributed by atoms with Crippen molar-refractivity contribution in [1.82, 2.24) is 4.98 Å². The standard InChI is InChI=1S/C9H12BrNO2S/c1-3-4-5-6-7(8(12)13-2)14-9(10)11-6/h3-5H2,1-2H3. The van der Waals surface area contributed by atoms with Crippen molar-refractivity contribution in [1.29, 1.82) is 0 Å². The number of ether oxygens (including phenoxy) is 1. The molecule has 0 saturated heterocycles. The second-order valence-electron chi connectivity index (χ2n) is 2.84. The zero-order valence-electron chi connectivity index (χ0n) is 8.17. The summed E-state index contributed by atoms with van der Waals surface area (Å²) in [4.78, 5) is 16.2. The molecule has 1 heterocycles. The third-order valence-corrected chi connectivity index (χ3v) is 3.34. The van der Waals surface area contributed by atoms with Crippen LogP contribution in [0, 0.1) is 0 Å². The average Bonchev–Trinajstić information content (AvgIpc) is 2.55. The molecule has 78 valence electrons. The number of thiazole rings is 1. The molecule has 0 aromatic carbocycles. The highest BCUT2D eigenvalue weighted by atomic mass is 79.9. The van der Waals surface area contributed by atoms with Crippen molar-refractivity contribution in [3.8, 4) is 0 Å². The van der Waals surface area contributed by atoms with Gasteiger partial charge in [0, 0.05) is 0 Å². The summed E-state index contributed by atoms with van der Waals surface area (Å²) in [6, 6.07) is 0. The number of halogens is 1. The third-order valence-electron chi connectivity index (χ3n) is 1.81. The van der Waals surface area contributed by atoms with E-state index in [1.807, 2.05) is 0 Å². The van der Waals surface area contributed by atoms with Crippen molar-refractivity contribution in [2.24, 2.45) is 0 Å². The normalized spacial score (nSPS) is 10.2. The van der Waals surface area contributed by atoms with Crippen molar-refractivity contribution in [3.05, 3.63) is 14.5 Å². The molecule has 0 aliphatic carbocycles. The Hall–Kier alpha value is -0.420. The molecule has 3 nitrogen and oxygen atoms in total. The first-order valence-corrected chi connectivity index (χ1v) is 6.03. The van der Waals surface area contributed by atoms with Gasteiger partial charge in [-0.2, -0.15) is 0 Å². The molecule has 0 spiro atoms. The van der Waals surface area contributed by atoms with Gasteiger partial charge in [-0.15, -0.1) is 0 Å². The van der Waals surface area contributed by atoms with Gasteiger partial charge in [-0.1, -0.05) is 24.7 Å². The summed E-state index contributed by atoms with van der Waals surface area (Å²) in [6.07, 6.45) is 2.97. The summed E-state index contributed by atoms with van der Waals surface area (Å²) >= 11 is 4.60. The number of aromatic nitrogens is 1. The predicted octanol–water partition coefficient (Wildman–Crippen LogP) is 3.03. The second-order valence-corrected chi connectivity index (χ2v) is 5.11.